The molecule has 0 saturated carbocycles. The van der Waals surface area contributed by atoms with Crippen molar-refractivity contribution in [3.8, 4) is 5.75 Å². The number of carbonyl (C=O) groups excluding carboxylic acids is 3. The number of anilines is 2. The summed E-state index contributed by atoms with van der Waals surface area (Å²) in [6, 6.07) is 11.0. The van der Waals surface area contributed by atoms with Crippen molar-refractivity contribution in [3.63, 3.8) is 0 Å². The minimum Gasteiger partial charge on any atom is -0.491 e. The Bertz CT molecular complexity index is 1440. The maximum Gasteiger partial charge on any atom is 0.323 e. The van der Waals surface area contributed by atoms with Crippen LogP contribution < -0.4 is 15.4 Å². The molecule has 4 amide bonds. The number of halogens is 2. The van der Waals surface area contributed by atoms with E-state index in [0.717, 1.165) is 18.2 Å². The molecular weight excluding hydrogens is 548 g/mol. The molecule has 3 aromatic rings. The first-order valence-electron chi connectivity index (χ1n) is 13.4. The van der Waals surface area contributed by atoms with Gasteiger partial charge < -0.3 is 29.9 Å². The van der Waals surface area contributed by atoms with Gasteiger partial charge in [0.15, 0.2) is 0 Å². The zero-order valence-electron chi connectivity index (χ0n) is 23.8. The van der Waals surface area contributed by atoms with E-state index in [1.165, 1.54) is 23.1 Å². The summed E-state index contributed by atoms with van der Waals surface area (Å²) in [5.41, 5.74) is 0.429. The van der Waals surface area contributed by atoms with E-state index in [-0.39, 0.29) is 65.4 Å². The van der Waals surface area contributed by atoms with Gasteiger partial charge in [-0.15, -0.1) is 0 Å². The number of aromatic nitrogens is 1. The van der Waals surface area contributed by atoms with Gasteiger partial charge in [-0.3, -0.25) is 14.6 Å². The lowest BCUT2D eigenvalue weighted by molar-refractivity contribution is 0.0109. The molecule has 4 rings (SSSR count). The number of carbonyl (C=O) groups is 3. The van der Waals surface area contributed by atoms with Crippen LogP contribution in [0.4, 0.5) is 25.0 Å². The Morgan fingerprint density at radius 3 is 2.55 bits per heavy atom. The third kappa shape index (κ3) is 7.19. The van der Waals surface area contributed by atoms with Crippen molar-refractivity contribution in [2.24, 2.45) is 5.92 Å². The van der Waals surface area contributed by atoms with Gasteiger partial charge in [-0.25, -0.2) is 13.6 Å². The molecule has 222 valence electrons. The van der Waals surface area contributed by atoms with Crippen LogP contribution in [0.1, 0.15) is 34.7 Å². The number of urea groups is 1. The Balaban J connectivity index is 1.62. The third-order valence-corrected chi connectivity index (χ3v) is 7.03. The van der Waals surface area contributed by atoms with Gasteiger partial charge in [0.05, 0.1) is 23.4 Å². The number of hydrogen-bond donors (Lipinski definition) is 2. The normalized spacial score (nSPS) is 19.6. The highest BCUT2D eigenvalue weighted by Crippen LogP contribution is 2.27. The van der Waals surface area contributed by atoms with Crippen molar-refractivity contribution in [1.29, 1.82) is 0 Å². The first-order valence-corrected chi connectivity index (χ1v) is 13.4. The smallest absolute Gasteiger partial charge is 0.323 e. The molecule has 1 aromatic heterocycles. The van der Waals surface area contributed by atoms with E-state index in [0.29, 0.717) is 6.54 Å². The van der Waals surface area contributed by atoms with Crippen LogP contribution in [0.15, 0.2) is 60.8 Å². The van der Waals surface area contributed by atoms with Gasteiger partial charge >= 0.3 is 6.03 Å². The lowest BCUT2D eigenvalue weighted by atomic mass is 10.0. The van der Waals surface area contributed by atoms with Crippen LogP contribution in [-0.4, -0.2) is 78.6 Å². The highest BCUT2D eigenvalue weighted by molar-refractivity contribution is 6.01. The van der Waals surface area contributed by atoms with Gasteiger partial charge in [0.25, 0.3) is 11.8 Å². The van der Waals surface area contributed by atoms with Gasteiger partial charge in [0.2, 0.25) is 0 Å². The average molecular weight is 582 g/mol. The van der Waals surface area contributed by atoms with Crippen molar-refractivity contribution < 1.29 is 32.6 Å². The van der Waals surface area contributed by atoms with Crippen molar-refractivity contribution >= 4 is 29.2 Å². The summed E-state index contributed by atoms with van der Waals surface area (Å²) in [5, 5.41) is 4.81. The summed E-state index contributed by atoms with van der Waals surface area (Å²) in [5.74, 6) is -2.08. The predicted molar refractivity (Wildman–Crippen MR) is 153 cm³/mol. The molecule has 2 aromatic carbocycles. The highest BCUT2D eigenvalue weighted by atomic mass is 19.1. The average Bonchev–Trinajstić information content (AvgIpc) is 2.98. The number of nitrogens with zero attached hydrogens (tertiary/aromatic N) is 3. The van der Waals surface area contributed by atoms with Gasteiger partial charge in [-0.2, -0.15) is 0 Å². The van der Waals surface area contributed by atoms with Crippen LogP contribution in [0.3, 0.4) is 0 Å². The molecule has 12 heteroatoms. The molecule has 42 heavy (non-hydrogen) atoms. The Morgan fingerprint density at radius 2 is 1.83 bits per heavy atom. The Morgan fingerprint density at radius 1 is 1.05 bits per heavy atom. The maximum absolute atomic E-state index is 14.0. The number of rotatable bonds is 4. The zero-order valence-corrected chi connectivity index (χ0v) is 23.8. The summed E-state index contributed by atoms with van der Waals surface area (Å²) < 4.78 is 39.3. The number of pyridine rings is 1. The van der Waals surface area contributed by atoms with E-state index in [1.807, 2.05) is 13.8 Å². The summed E-state index contributed by atoms with van der Waals surface area (Å²) in [7, 11) is 3.21. The number of nitrogens with one attached hydrogen (secondary N) is 2. The number of benzene rings is 2. The SMILES string of the molecule is CO[C@@H]1CN(C)C(=O)c2ccc(NC(=O)Nc3cc(F)ccc3F)cc2OC[C@@H](C)N(C(=O)c2ccccn2)C[C@H]1C. The lowest BCUT2D eigenvalue weighted by Gasteiger charge is -2.36. The van der Waals surface area contributed by atoms with Crippen LogP contribution in [-0.2, 0) is 4.74 Å². The van der Waals surface area contributed by atoms with Crippen LogP contribution in [0.5, 0.6) is 5.75 Å². The molecule has 2 heterocycles. The summed E-state index contributed by atoms with van der Waals surface area (Å²) >= 11 is 0. The van der Waals surface area contributed by atoms with E-state index in [4.69, 9.17) is 9.47 Å². The van der Waals surface area contributed by atoms with E-state index in [1.54, 1.807) is 43.5 Å². The van der Waals surface area contributed by atoms with E-state index >= 15 is 0 Å². The number of methoxy groups -OCH3 is 1. The monoisotopic (exact) mass is 581 g/mol. The summed E-state index contributed by atoms with van der Waals surface area (Å²) in [4.78, 5) is 46.9. The third-order valence-electron chi connectivity index (χ3n) is 7.03. The molecule has 1 aliphatic heterocycles. The molecule has 10 nitrogen and oxygen atoms in total. The van der Waals surface area contributed by atoms with E-state index in [9.17, 15) is 23.2 Å². The fourth-order valence-corrected chi connectivity index (χ4v) is 4.65. The lowest BCUT2D eigenvalue weighted by Crippen LogP contribution is -2.48. The van der Waals surface area contributed by atoms with E-state index in [2.05, 4.69) is 15.6 Å². The van der Waals surface area contributed by atoms with E-state index < -0.39 is 23.7 Å². The Kier molecular flexibility index (Phi) is 9.68. The molecule has 1 aliphatic rings. The predicted octanol–water partition coefficient (Wildman–Crippen LogP) is 4.65. The molecule has 0 aliphatic carbocycles. The number of amides is 4. The Hall–Kier alpha value is -4.58. The first kappa shape index (κ1) is 30.4. The second-order valence-corrected chi connectivity index (χ2v) is 10.2. The highest BCUT2D eigenvalue weighted by Gasteiger charge is 2.31. The zero-order chi connectivity index (χ0) is 30.4. The van der Waals surface area contributed by atoms with Crippen LogP contribution >= 0.6 is 0 Å². The van der Waals surface area contributed by atoms with Gasteiger partial charge in [-0.05, 0) is 43.3 Å². The van der Waals surface area contributed by atoms with Crippen molar-refractivity contribution in [3.05, 3.63) is 83.7 Å². The molecule has 3 atom stereocenters. The fraction of sp³-hybridized carbons (Fsp3) is 0.333. The standard InChI is InChI=1S/C30H33F2N5O5/c1-18-15-37(29(39)24-7-5-6-12-33-24)19(2)17-42-26-14-21(9-10-22(26)28(38)36(3)16-27(18)41-4)34-30(40)35-25-13-20(31)8-11-23(25)32/h5-14,18-19,27H,15-17H2,1-4H3,(H2,34,35,40)/t18-,19-,27-/m1/s1. The number of fused-ring (bicyclic) bond motifs is 1. The molecule has 0 saturated heterocycles. The molecule has 0 bridgehead atoms. The molecular formula is C30H33F2N5O5. The Labute approximate surface area is 242 Å². The molecule has 0 fully saturated rings. The molecule has 0 unspecified atom stereocenters. The van der Waals surface area contributed by atoms with Crippen LogP contribution in [0, 0.1) is 17.6 Å². The fourth-order valence-electron chi connectivity index (χ4n) is 4.65. The number of ether oxygens (including phenoxy) is 2. The maximum atomic E-state index is 14.0. The minimum absolute atomic E-state index is 0.0249. The summed E-state index contributed by atoms with van der Waals surface area (Å²) in [6.45, 7) is 4.38. The van der Waals surface area contributed by atoms with Crippen LogP contribution in [0.2, 0.25) is 0 Å². The quantitative estimate of drug-likeness (QED) is 0.464. The van der Waals surface area contributed by atoms with Gasteiger partial charge in [0, 0.05) is 57.2 Å². The largest absolute Gasteiger partial charge is 0.491 e. The number of likely N-dealkylation sites (N-methyl/N-ethyl adjacent to an activating group) is 1. The number of hydrogen-bond acceptors (Lipinski definition) is 6. The van der Waals surface area contributed by atoms with Crippen molar-refractivity contribution in [2.45, 2.75) is 26.0 Å². The second-order valence-electron chi connectivity index (χ2n) is 10.2. The van der Waals surface area contributed by atoms with Crippen LogP contribution in [0.25, 0.3) is 0 Å². The molecule has 0 spiro atoms. The minimum atomic E-state index is -0.825. The summed E-state index contributed by atoms with van der Waals surface area (Å²) in [6.07, 6.45) is 1.18. The van der Waals surface area contributed by atoms with Gasteiger partial charge in [-0.1, -0.05) is 13.0 Å². The van der Waals surface area contributed by atoms with Gasteiger partial charge in [0.1, 0.15) is 29.7 Å². The first-order chi connectivity index (χ1) is 20.1. The van der Waals surface area contributed by atoms with Crippen molar-refractivity contribution in [1.82, 2.24) is 14.8 Å². The van der Waals surface area contributed by atoms with Crippen molar-refractivity contribution in [2.75, 3.05) is 44.5 Å². The molecule has 2 N–H and O–H groups in total. The molecule has 0 radical (unpaired) electrons. The second kappa shape index (κ2) is 13.4. The topological polar surface area (TPSA) is 113 Å².